The molecule has 0 aliphatic carbocycles. The highest BCUT2D eigenvalue weighted by molar-refractivity contribution is 5.68. The Hall–Kier alpha value is -1.22. The quantitative estimate of drug-likeness (QED) is 0.725. The summed E-state index contributed by atoms with van der Waals surface area (Å²) in [5.74, 6) is 0. The topological polar surface area (TPSA) is 49.5 Å². The van der Waals surface area contributed by atoms with Crippen molar-refractivity contribution in [2.24, 2.45) is 0 Å². The third-order valence-electron chi connectivity index (χ3n) is 2.39. The van der Waals surface area contributed by atoms with Crippen LogP contribution in [0.4, 0.5) is 11.4 Å². The summed E-state index contributed by atoms with van der Waals surface area (Å²) in [6.07, 6.45) is 1.05. The van der Waals surface area contributed by atoms with Gasteiger partial charge < -0.3 is 15.7 Å². The van der Waals surface area contributed by atoms with E-state index in [9.17, 15) is 0 Å². The second-order valence-corrected chi connectivity index (χ2v) is 3.77. The maximum absolute atomic E-state index is 8.99. The van der Waals surface area contributed by atoms with Gasteiger partial charge >= 0.3 is 0 Å². The molecule has 0 aliphatic heterocycles. The number of benzene rings is 1. The molecule has 0 saturated carbocycles. The fourth-order valence-electron chi connectivity index (χ4n) is 1.71. The number of nitrogens with zero attached hydrogens (tertiary/aromatic N) is 1. The van der Waals surface area contributed by atoms with Crippen LogP contribution in [-0.2, 0) is 0 Å². The number of hydrogen-bond acceptors (Lipinski definition) is 3. The smallest absolute Gasteiger partial charge is 0.0606 e. The van der Waals surface area contributed by atoms with E-state index in [1.54, 1.807) is 0 Å². The van der Waals surface area contributed by atoms with Crippen molar-refractivity contribution in [1.82, 2.24) is 0 Å². The zero-order chi connectivity index (χ0) is 11.3. The first-order valence-corrected chi connectivity index (χ1v) is 5.41. The molecule has 0 saturated heterocycles. The van der Waals surface area contributed by atoms with Crippen LogP contribution < -0.4 is 10.6 Å². The lowest BCUT2D eigenvalue weighted by molar-refractivity contribution is 0.302. The average Bonchev–Trinajstić information content (AvgIpc) is 2.17. The lowest BCUT2D eigenvalue weighted by atomic mass is 10.1. The van der Waals surface area contributed by atoms with E-state index in [-0.39, 0.29) is 6.61 Å². The van der Waals surface area contributed by atoms with Crippen LogP contribution >= 0.6 is 0 Å². The van der Waals surface area contributed by atoms with Crippen molar-refractivity contribution in [2.75, 3.05) is 30.3 Å². The molecule has 84 valence electrons. The van der Waals surface area contributed by atoms with Crippen molar-refractivity contribution < 1.29 is 5.11 Å². The van der Waals surface area contributed by atoms with Crippen molar-refractivity contribution >= 4 is 11.4 Å². The van der Waals surface area contributed by atoms with Gasteiger partial charge in [-0.05, 0) is 31.0 Å². The second-order valence-electron chi connectivity index (χ2n) is 3.77. The van der Waals surface area contributed by atoms with Gasteiger partial charge in [0.25, 0.3) is 0 Å². The summed E-state index contributed by atoms with van der Waals surface area (Å²) in [4.78, 5) is 2.12. The minimum atomic E-state index is 0.160. The minimum Gasteiger partial charge on any atom is -0.397 e. The molecule has 3 heteroatoms. The highest BCUT2D eigenvalue weighted by Gasteiger charge is 2.07. The van der Waals surface area contributed by atoms with Gasteiger partial charge in [-0.1, -0.05) is 13.0 Å². The van der Waals surface area contributed by atoms with Crippen molar-refractivity contribution in [3.05, 3.63) is 23.8 Å². The SMILES string of the molecule is CCCN(CCO)c1ccc(C)cc1N. The molecule has 1 aromatic carbocycles. The van der Waals surface area contributed by atoms with Crippen LogP contribution in [0.2, 0.25) is 0 Å². The molecule has 3 N–H and O–H groups in total. The third kappa shape index (κ3) is 3.13. The fraction of sp³-hybridized carbons (Fsp3) is 0.500. The van der Waals surface area contributed by atoms with Gasteiger partial charge in [-0.3, -0.25) is 0 Å². The minimum absolute atomic E-state index is 0.160. The van der Waals surface area contributed by atoms with Gasteiger partial charge in [0, 0.05) is 13.1 Å². The lowest BCUT2D eigenvalue weighted by Gasteiger charge is -2.25. The second kappa shape index (κ2) is 5.61. The summed E-state index contributed by atoms with van der Waals surface area (Å²) in [5, 5.41) is 8.99. The van der Waals surface area contributed by atoms with Crippen LogP contribution in [-0.4, -0.2) is 24.8 Å². The first-order valence-electron chi connectivity index (χ1n) is 5.41. The predicted octanol–water partition coefficient (Wildman–Crippen LogP) is 1.79. The Kier molecular flexibility index (Phi) is 4.43. The molecule has 0 aliphatic rings. The first-order chi connectivity index (χ1) is 7.19. The highest BCUT2D eigenvalue weighted by Crippen LogP contribution is 2.24. The van der Waals surface area contributed by atoms with E-state index in [0.29, 0.717) is 6.54 Å². The van der Waals surface area contributed by atoms with Crippen molar-refractivity contribution in [1.29, 1.82) is 0 Å². The molecule has 0 unspecified atom stereocenters. The Balaban J connectivity index is 2.89. The summed E-state index contributed by atoms with van der Waals surface area (Å²) in [6.45, 7) is 5.87. The van der Waals surface area contributed by atoms with Gasteiger partial charge in [-0.15, -0.1) is 0 Å². The number of nitrogen functional groups attached to an aromatic ring is 1. The molecular formula is C12H20N2O. The molecule has 0 radical (unpaired) electrons. The van der Waals surface area contributed by atoms with Gasteiger partial charge in [-0.2, -0.15) is 0 Å². The largest absolute Gasteiger partial charge is 0.397 e. The Bertz CT molecular complexity index is 306. The van der Waals surface area contributed by atoms with Gasteiger partial charge in [0.2, 0.25) is 0 Å². The standard InChI is InChI=1S/C12H20N2O/c1-3-6-14(7-8-15)12-5-4-10(2)9-11(12)13/h4-5,9,15H,3,6-8,13H2,1-2H3. The van der Waals surface area contributed by atoms with Crippen molar-refractivity contribution in [3.63, 3.8) is 0 Å². The molecule has 0 aromatic heterocycles. The Labute approximate surface area is 91.5 Å². The lowest BCUT2D eigenvalue weighted by Crippen LogP contribution is -2.28. The molecule has 0 spiro atoms. The molecule has 0 amide bonds. The number of aliphatic hydroxyl groups is 1. The first kappa shape index (κ1) is 11.9. The number of rotatable bonds is 5. The molecule has 1 aromatic rings. The summed E-state index contributed by atoms with van der Waals surface area (Å²) in [6, 6.07) is 6.04. The fourth-order valence-corrected chi connectivity index (χ4v) is 1.71. The number of aliphatic hydroxyl groups excluding tert-OH is 1. The molecule has 1 rings (SSSR count). The van der Waals surface area contributed by atoms with Crippen LogP contribution in [0.1, 0.15) is 18.9 Å². The van der Waals surface area contributed by atoms with E-state index < -0.39 is 0 Å². The van der Waals surface area contributed by atoms with E-state index in [1.807, 2.05) is 25.1 Å². The van der Waals surface area contributed by atoms with E-state index in [1.165, 1.54) is 0 Å². The van der Waals surface area contributed by atoms with Gasteiger partial charge in [0.1, 0.15) is 0 Å². The molecule has 15 heavy (non-hydrogen) atoms. The van der Waals surface area contributed by atoms with Crippen LogP contribution in [0.3, 0.4) is 0 Å². The van der Waals surface area contributed by atoms with Crippen LogP contribution in [0.5, 0.6) is 0 Å². The number of nitrogens with two attached hydrogens (primary N) is 1. The van der Waals surface area contributed by atoms with Crippen LogP contribution in [0.15, 0.2) is 18.2 Å². The molecule has 0 heterocycles. The van der Waals surface area contributed by atoms with E-state index in [4.69, 9.17) is 10.8 Å². The monoisotopic (exact) mass is 208 g/mol. The zero-order valence-electron chi connectivity index (χ0n) is 9.53. The van der Waals surface area contributed by atoms with Gasteiger partial charge in [-0.25, -0.2) is 0 Å². The Morgan fingerprint density at radius 2 is 2.07 bits per heavy atom. The molecule has 0 atom stereocenters. The van der Waals surface area contributed by atoms with Crippen molar-refractivity contribution in [3.8, 4) is 0 Å². The molecule has 3 nitrogen and oxygen atoms in total. The molecule has 0 bridgehead atoms. The average molecular weight is 208 g/mol. The Morgan fingerprint density at radius 3 is 2.60 bits per heavy atom. The Morgan fingerprint density at radius 1 is 1.33 bits per heavy atom. The number of hydrogen-bond donors (Lipinski definition) is 2. The summed E-state index contributed by atoms with van der Waals surface area (Å²) >= 11 is 0. The third-order valence-corrected chi connectivity index (χ3v) is 2.39. The highest BCUT2D eigenvalue weighted by atomic mass is 16.3. The maximum Gasteiger partial charge on any atom is 0.0606 e. The maximum atomic E-state index is 8.99. The van der Waals surface area contributed by atoms with Crippen molar-refractivity contribution in [2.45, 2.75) is 20.3 Å². The van der Waals surface area contributed by atoms with Crippen LogP contribution in [0, 0.1) is 6.92 Å². The van der Waals surface area contributed by atoms with E-state index in [0.717, 1.165) is 29.9 Å². The number of aryl methyl sites for hydroxylation is 1. The van der Waals surface area contributed by atoms with E-state index >= 15 is 0 Å². The molecular weight excluding hydrogens is 188 g/mol. The zero-order valence-corrected chi connectivity index (χ0v) is 9.53. The predicted molar refractivity (Wildman–Crippen MR) is 65.2 cm³/mol. The van der Waals surface area contributed by atoms with E-state index in [2.05, 4.69) is 11.8 Å². The summed E-state index contributed by atoms with van der Waals surface area (Å²) < 4.78 is 0. The van der Waals surface area contributed by atoms with Gasteiger partial charge in [0.05, 0.1) is 18.0 Å². The summed E-state index contributed by atoms with van der Waals surface area (Å²) in [5.41, 5.74) is 8.94. The van der Waals surface area contributed by atoms with Gasteiger partial charge in [0.15, 0.2) is 0 Å². The normalized spacial score (nSPS) is 10.3. The number of anilines is 2. The summed E-state index contributed by atoms with van der Waals surface area (Å²) in [7, 11) is 0. The molecule has 0 fully saturated rings. The van der Waals surface area contributed by atoms with Crippen LogP contribution in [0.25, 0.3) is 0 Å².